The Hall–Kier alpha value is -1.02. The van der Waals surface area contributed by atoms with Crippen LogP contribution in [0.25, 0.3) is 0 Å². The number of ketones is 1. The van der Waals surface area contributed by atoms with Crippen LogP contribution in [-0.2, 0) is 4.79 Å². The SMILES string of the molecule is C/C=C/C(=O)CSc1ccccc1. The zero-order chi connectivity index (χ0) is 9.52. The van der Waals surface area contributed by atoms with Crippen molar-refractivity contribution in [2.45, 2.75) is 11.8 Å². The van der Waals surface area contributed by atoms with Crippen molar-refractivity contribution in [1.29, 1.82) is 0 Å². The Bertz CT molecular complexity index is 290. The first-order valence-corrected chi connectivity index (χ1v) is 5.15. The fourth-order valence-electron chi connectivity index (χ4n) is 0.905. The second-order valence-corrected chi connectivity index (χ2v) is 3.62. The first kappa shape index (κ1) is 10.1. The summed E-state index contributed by atoms with van der Waals surface area (Å²) >= 11 is 1.57. The van der Waals surface area contributed by atoms with E-state index in [4.69, 9.17) is 0 Å². The fourth-order valence-corrected chi connectivity index (χ4v) is 1.66. The molecule has 68 valence electrons. The number of carbonyl (C=O) groups is 1. The molecule has 0 spiro atoms. The predicted octanol–water partition coefficient (Wildman–Crippen LogP) is 2.92. The third-order valence-electron chi connectivity index (χ3n) is 1.48. The molecule has 0 saturated heterocycles. The number of hydrogen-bond donors (Lipinski definition) is 0. The van der Waals surface area contributed by atoms with Crippen molar-refractivity contribution in [3.63, 3.8) is 0 Å². The minimum Gasteiger partial charge on any atom is -0.294 e. The third-order valence-corrected chi connectivity index (χ3v) is 2.51. The van der Waals surface area contributed by atoms with Crippen LogP contribution >= 0.6 is 11.8 Å². The van der Waals surface area contributed by atoms with E-state index in [0.29, 0.717) is 5.75 Å². The first-order chi connectivity index (χ1) is 6.33. The van der Waals surface area contributed by atoms with Crippen LogP contribution < -0.4 is 0 Å². The van der Waals surface area contributed by atoms with Gasteiger partial charge in [0.1, 0.15) is 0 Å². The van der Waals surface area contributed by atoms with Gasteiger partial charge in [-0.3, -0.25) is 4.79 Å². The lowest BCUT2D eigenvalue weighted by atomic mass is 10.4. The van der Waals surface area contributed by atoms with Gasteiger partial charge in [-0.1, -0.05) is 24.3 Å². The van der Waals surface area contributed by atoms with Gasteiger partial charge >= 0.3 is 0 Å². The Morgan fingerprint density at radius 1 is 1.38 bits per heavy atom. The summed E-state index contributed by atoms with van der Waals surface area (Å²) in [4.78, 5) is 12.2. The normalized spacial score (nSPS) is 10.5. The minimum atomic E-state index is 0.163. The van der Waals surface area contributed by atoms with Crippen molar-refractivity contribution < 1.29 is 4.79 Å². The summed E-state index contributed by atoms with van der Waals surface area (Å²) < 4.78 is 0. The molecule has 0 aliphatic rings. The lowest BCUT2D eigenvalue weighted by molar-refractivity contribution is -0.112. The molecule has 1 rings (SSSR count). The van der Waals surface area contributed by atoms with Crippen LogP contribution in [0.3, 0.4) is 0 Å². The van der Waals surface area contributed by atoms with Crippen LogP contribution in [0.1, 0.15) is 6.92 Å². The van der Waals surface area contributed by atoms with Crippen molar-refractivity contribution >= 4 is 17.5 Å². The van der Waals surface area contributed by atoms with Crippen molar-refractivity contribution in [1.82, 2.24) is 0 Å². The molecule has 0 unspecified atom stereocenters. The summed E-state index contributed by atoms with van der Waals surface area (Å²) in [6.45, 7) is 1.85. The highest BCUT2D eigenvalue weighted by atomic mass is 32.2. The van der Waals surface area contributed by atoms with E-state index in [2.05, 4.69) is 0 Å². The van der Waals surface area contributed by atoms with Crippen molar-refractivity contribution in [2.75, 3.05) is 5.75 Å². The summed E-state index contributed by atoms with van der Waals surface area (Å²) in [6, 6.07) is 9.93. The monoisotopic (exact) mass is 192 g/mol. The predicted molar refractivity (Wildman–Crippen MR) is 57.0 cm³/mol. The van der Waals surface area contributed by atoms with Gasteiger partial charge in [0, 0.05) is 4.90 Å². The van der Waals surface area contributed by atoms with E-state index in [-0.39, 0.29) is 5.78 Å². The van der Waals surface area contributed by atoms with Gasteiger partial charge in [-0.2, -0.15) is 0 Å². The molecule has 0 N–H and O–H groups in total. The molecule has 0 amide bonds. The molecule has 0 saturated carbocycles. The van der Waals surface area contributed by atoms with E-state index < -0.39 is 0 Å². The highest BCUT2D eigenvalue weighted by Crippen LogP contribution is 2.16. The Labute approximate surface area is 82.9 Å². The van der Waals surface area contributed by atoms with Crippen LogP contribution in [0.4, 0.5) is 0 Å². The summed E-state index contributed by atoms with van der Waals surface area (Å²) in [5.41, 5.74) is 0. The highest BCUT2D eigenvalue weighted by Gasteiger charge is 1.97. The van der Waals surface area contributed by atoms with Gasteiger partial charge < -0.3 is 0 Å². The maximum absolute atomic E-state index is 11.1. The Morgan fingerprint density at radius 3 is 2.69 bits per heavy atom. The fraction of sp³-hybridized carbons (Fsp3) is 0.182. The number of rotatable bonds is 4. The molecule has 0 bridgehead atoms. The molecule has 0 fully saturated rings. The minimum absolute atomic E-state index is 0.163. The van der Waals surface area contributed by atoms with E-state index >= 15 is 0 Å². The molecular formula is C11H12OS. The quantitative estimate of drug-likeness (QED) is 0.539. The molecule has 1 aromatic carbocycles. The van der Waals surface area contributed by atoms with Crippen LogP contribution in [0.15, 0.2) is 47.4 Å². The van der Waals surface area contributed by atoms with E-state index in [0.717, 1.165) is 4.90 Å². The van der Waals surface area contributed by atoms with Crippen molar-refractivity contribution in [3.8, 4) is 0 Å². The summed E-state index contributed by atoms with van der Waals surface area (Å²) in [6.07, 6.45) is 3.38. The number of hydrogen-bond acceptors (Lipinski definition) is 2. The van der Waals surface area contributed by atoms with Gasteiger partial charge in [-0.05, 0) is 25.1 Å². The zero-order valence-corrected chi connectivity index (χ0v) is 8.38. The van der Waals surface area contributed by atoms with Crippen molar-refractivity contribution in [2.24, 2.45) is 0 Å². The topological polar surface area (TPSA) is 17.1 Å². The molecule has 2 heteroatoms. The maximum Gasteiger partial charge on any atom is 0.165 e. The maximum atomic E-state index is 11.1. The van der Waals surface area contributed by atoms with Crippen LogP contribution in [0.5, 0.6) is 0 Å². The van der Waals surface area contributed by atoms with Crippen LogP contribution in [0.2, 0.25) is 0 Å². The Morgan fingerprint density at radius 2 is 2.08 bits per heavy atom. The number of benzene rings is 1. The van der Waals surface area contributed by atoms with Gasteiger partial charge in [-0.25, -0.2) is 0 Å². The smallest absolute Gasteiger partial charge is 0.165 e. The standard InChI is InChI=1S/C11H12OS/c1-2-6-10(12)9-13-11-7-4-3-5-8-11/h2-8H,9H2,1H3/b6-2+. The molecule has 1 aromatic rings. The number of allylic oxidation sites excluding steroid dienone is 2. The average molecular weight is 192 g/mol. The summed E-state index contributed by atoms with van der Waals surface area (Å²) in [7, 11) is 0. The molecule has 0 aliphatic heterocycles. The van der Waals surface area contributed by atoms with Gasteiger partial charge in [0.25, 0.3) is 0 Å². The lowest BCUT2D eigenvalue weighted by Crippen LogP contribution is -1.95. The molecule has 0 aromatic heterocycles. The molecule has 0 aliphatic carbocycles. The molecule has 0 atom stereocenters. The molecule has 13 heavy (non-hydrogen) atoms. The Kier molecular flexibility index (Phi) is 4.33. The number of carbonyl (C=O) groups excluding carboxylic acids is 1. The second kappa shape index (κ2) is 5.60. The average Bonchev–Trinajstić information content (AvgIpc) is 2.17. The summed E-state index contributed by atoms with van der Waals surface area (Å²) in [5.74, 6) is 0.685. The molecule has 0 heterocycles. The zero-order valence-electron chi connectivity index (χ0n) is 7.57. The van der Waals surface area contributed by atoms with Crippen molar-refractivity contribution in [3.05, 3.63) is 42.5 Å². The lowest BCUT2D eigenvalue weighted by Gasteiger charge is -1.96. The van der Waals surface area contributed by atoms with E-state index in [1.54, 1.807) is 23.9 Å². The largest absolute Gasteiger partial charge is 0.294 e. The van der Waals surface area contributed by atoms with Crippen LogP contribution in [-0.4, -0.2) is 11.5 Å². The van der Waals surface area contributed by atoms with E-state index in [1.165, 1.54) is 0 Å². The molecule has 1 nitrogen and oxygen atoms in total. The summed E-state index contributed by atoms with van der Waals surface area (Å²) in [5, 5.41) is 0. The third kappa shape index (κ3) is 3.95. The van der Waals surface area contributed by atoms with Gasteiger partial charge in [0.05, 0.1) is 5.75 Å². The first-order valence-electron chi connectivity index (χ1n) is 4.16. The van der Waals surface area contributed by atoms with Gasteiger partial charge in [0.2, 0.25) is 0 Å². The van der Waals surface area contributed by atoms with Gasteiger partial charge in [0.15, 0.2) is 5.78 Å². The van der Waals surface area contributed by atoms with Gasteiger partial charge in [-0.15, -0.1) is 11.8 Å². The molecule has 0 radical (unpaired) electrons. The van der Waals surface area contributed by atoms with Crippen LogP contribution in [0, 0.1) is 0 Å². The molecular weight excluding hydrogens is 180 g/mol. The Balaban J connectivity index is 2.40. The number of thioether (sulfide) groups is 1. The van der Waals surface area contributed by atoms with E-state index in [9.17, 15) is 4.79 Å². The second-order valence-electron chi connectivity index (χ2n) is 2.57. The van der Waals surface area contributed by atoms with E-state index in [1.807, 2.05) is 37.3 Å². The highest BCUT2D eigenvalue weighted by molar-refractivity contribution is 8.00.